The maximum absolute atomic E-state index is 5.31. The van der Waals surface area contributed by atoms with Gasteiger partial charge >= 0.3 is 0 Å². The number of hydrogen-bond acceptors (Lipinski definition) is 2. The van der Waals surface area contributed by atoms with Crippen LogP contribution in [0, 0.1) is 0 Å². The smallest absolute Gasteiger partial charge is 0.191 e. The summed E-state index contributed by atoms with van der Waals surface area (Å²) in [6.45, 7) is 7.87. The molecule has 0 fully saturated rings. The molecular weight excluding hydrogens is 286 g/mol. The summed E-state index contributed by atoms with van der Waals surface area (Å²) in [5.74, 6) is 0.855. The molecule has 0 atom stereocenters. The van der Waals surface area contributed by atoms with Crippen LogP contribution in [0.15, 0.2) is 47.5 Å². The van der Waals surface area contributed by atoms with Crippen LogP contribution in [0.1, 0.15) is 19.4 Å². The molecule has 2 aromatic carbocycles. The fourth-order valence-electron chi connectivity index (χ4n) is 2.43. The number of rotatable bonds is 8. The Labute approximate surface area is 139 Å². The number of fused-ring (bicyclic) bond motifs is 1. The van der Waals surface area contributed by atoms with Gasteiger partial charge in [0.15, 0.2) is 5.96 Å². The van der Waals surface area contributed by atoms with Crippen molar-refractivity contribution in [2.75, 3.05) is 32.8 Å². The van der Waals surface area contributed by atoms with E-state index in [1.54, 1.807) is 0 Å². The lowest BCUT2D eigenvalue weighted by molar-refractivity contribution is 0.155. The van der Waals surface area contributed by atoms with E-state index in [-0.39, 0.29) is 0 Å². The molecule has 2 rings (SSSR count). The van der Waals surface area contributed by atoms with E-state index in [0.29, 0.717) is 13.2 Å². The van der Waals surface area contributed by atoms with Crippen LogP contribution in [0.4, 0.5) is 0 Å². The first-order chi connectivity index (χ1) is 11.3. The molecule has 0 aliphatic carbocycles. The van der Waals surface area contributed by atoms with Crippen molar-refractivity contribution in [1.29, 1.82) is 0 Å². The van der Waals surface area contributed by atoms with Gasteiger partial charge in [-0.2, -0.15) is 0 Å². The first-order valence-corrected chi connectivity index (χ1v) is 8.41. The quantitative estimate of drug-likeness (QED) is 0.447. The third-order valence-corrected chi connectivity index (χ3v) is 3.57. The molecule has 0 saturated carbocycles. The first-order valence-electron chi connectivity index (χ1n) is 8.41. The van der Waals surface area contributed by atoms with Gasteiger partial charge in [-0.25, -0.2) is 0 Å². The highest BCUT2D eigenvalue weighted by Crippen LogP contribution is 2.15. The summed E-state index contributed by atoms with van der Waals surface area (Å²) in [5.41, 5.74) is 1.33. The van der Waals surface area contributed by atoms with Crippen LogP contribution in [0.25, 0.3) is 10.8 Å². The van der Waals surface area contributed by atoms with Crippen molar-refractivity contribution in [2.45, 2.75) is 20.3 Å². The van der Waals surface area contributed by atoms with Gasteiger partial charge in [-0.05, 0) is 36.6 Å². The van der Waals surface area contributed by atoms with E-state index in [1.165, 1.54) is 16.3 Å². The number of benzene rings is 2. The first kappa shape index (κ1) is 17.3. The summed E-state index contributed by atoms with van der Waals surface area (Å²) in [4.78, 5) is 4.50. The molecule has 2 N–H and O–H groups in total. The second kappa shape index (κ2) is 9.85. The van der Waals surface area contributed by atoms with Gasteiger partial charge in [0.1, 0.15) is 0 Å². The summed E-state index contributed by atoms with van der Waals surface area (Å²) in [6, 6.07) is 15.1. The van der Waals surface area contributed by atoms with Crippen LogP contribution in [-0.2, 0) is 11.2 Å². The minimum atomic E-state index is 0.664. The SMILES string of the molecule is CCNC(=NCCOCC)NCCc1ccc2ccccc2c1. The van der Waals surface area contributed by atoms with E-state index in [2.05, 4.69) is 65.0 Å². The highest BCUT2D eigenvalue weighted by Gasteiger charge is 1.99. The van der Waals surface area contributed by atoms with Crippen LogP contribution in [0.3, 0.4) is 0 Å². The lowest BCUT2D eigenvalue weighted by Gasteiger charge is -2.11. The molecule has 0 aliphatic rings. The topological polar surface area (TPSA) is 45.7 Å². The average molecular weight is 313 g/mol. The van der Waals surface area contributed by atoms with Gasteiger partial charge in [0.05, 0.1) is 13.2 Å². The van der Waals surface area contributed by atoms with Gasteiger partial charge in [0.2, 0.25) is 0 Å². The van der Waals surface area contributed by atoms with Gasteiger partial charge in [-0.1, -0.05) is 42.5 Å². The molecule has 4 nitrogen and oxygen atoms in total. The minimum absolute atomic E-state index is 0.664. The molecule has 0 heterocycles. The summed E-state index contributed by atoms with van der Waals surface area (Å²) in [6.07, 6.45) is 0.973. The van der Waals surface area contributed by atoms with E-state index in [1.807, 2.05) is 6.92 Å². The molecule has 2 aromatic rings. The van der Waals surface area contributed by atoms with Crippen molar-refractivity contribution in [3.8, 4) is 0 Å². The standard InChI is InChI=1S/C19H27N3O/c1-3-20-19(22-13-14-23-4-2)21-12-11-16-9-10-17-7-5-6-8-18(17)15-16/h5-10,15H,3-4,11-14H2,1-2H3,(H2,20,21,22). The Bertz CT molecular complexity index is 625. The normalized spacial score (nSPS) is 11.7. The molecule has 0 aliphatic heterocycles. The zero-order valence-electron chi connectivity index (χ0n) is 14.1. The molecule has 0 saturated heterocycles. The van der Waals surface area contributed by atoms with Crippen molar-refractivity contribution in [3.05, 3.63) is 48.0 Å². The second-order valence-electron chi connectivity index (χ2n) is 5.32. The van der Waals surface area contributed by atoms with Crippen molar-refractivity contribution < 1.29 is 4.74 Å². The average Bonchev–Trinajstić information content (AvgIpc) is 2.58. The highest BCUT2D eigenvalue weighted by atomic mass is 16.5. The minimum Gasteiger partial charge on any atom is -0.380 e. The van der Waals surface area contributed by atoms with E-state index in [9.17, 15) is 0 Å². The molecular formula is C19H27N3O. The summed E-state index contributed by atoms with van der Waals surface area (Å²) in [7, 11) is 0. The zero-order valence-corrected chi connectivity index (χ0v) is 14.1. The Morgan fingerprint density at radius 2 is 1.87 bits per heavy atom. The lowest BCUT2D eigenvalue weighted by Crippen LogP contribution is -2.38. The van der Waals surface area contributed by atoms with Gasteiger partial charge in [-0.15, -0.1) is 0 Å². The number of nitrogens with one attached hydrogen (secondary N) is 2. The van der Waals surface area contributed by atoms with Crippen molar-refractivity contribution >= 4 is 16.7 Å². The second-order valence-corrected chi connectivity index (χ2v) is 5.32. The Hall–Kier alpha value is -2.07. The van der Waals surface area contributed by atoms with Crippen molar-refractivity contribution in [3.63, 3.8) is 0 Å². The summed E-state index contributed by atoms with van der Waals surface area (Å²) in [5, 5.41) is 9.22. The van der Waals surface area contributed by atoms with E-state index >= 15 is 0 Å². The van der Waals surface area contributed by atoms with E-state index in [4.69, 9.17) is 4.74 Å². The van der Waals surface area contributed by atoms with Crippen LogP contribution >= 0.6 is 0 Å². The van der Waals surface area contributed by atoms with Crippen LogP contribution in [0.2, 0.25) is 0 Å². The van der Waals surface area contributed by atoms with E-state index < -0.39 is 0 Å². The fourth-order valence-corrected chi connectivity index (χ4v) is 2.43. The summed E-state index contributed by atoms with van der Waals surface area (Å²) >= 11 is 0. The number of hydrogen-bond donors (Lipinski definition) is 2. The largest absolute Gasteiger partial charge is 0.380 e. The Morgan fingerprint density at radius 1 is 1.04 bits per heavy atom. The molecule has 4 heteroatoms. The molecule has 124 valence electrons. The van der Waals surface area contributed by atoms with E-state index in [0.717, 1.165) is 32.1 Å². The maximum Gasteiger partial charge on any atom is 0.191 e. The molecule has 0 bridgehead atoms. The number of guanidine groups is 1. The van der Waals surface area contributed by atoms with Gasteiger partial charge in [-0.3, -0.25) is 4.99 Å². The fraction of sp³-hybridized carbons (Fsp3) is 0.421. The predicted molar refractivity (Wildman–Crippen MR) is 98.1 cm³/mol. The predicted octanol–water partition coefficient (Wildman–Crippen LogP) is 2.97. The van der Waals surface area contributed by atoms with Crippen molar-refractivity contribution in [1.82, 2.24) is 10.6 Å². The molecule has 0 unspecified atom stereocenters. The van der Waals surface area contributed by atoms with Crippen LogP contribution in [-0.4, -0.2) is 38.8 Å². The number of aliphatic imine (C=N–C) groups is 1. The van der Waals surface area contributed by atoms with Gasteiger partial charge in [0.25, 0.3) is 0 Å². The number of nitrogens with zero attached hydrogens (tertiary/aromatic N) is 1. The Morgan fingerprint density at radius 3 is 2.65 bits per heavy atom. The zero-order chi connectivity index (χ0) is 16.3. The summed E-state index contributed by atoms with van der Waals surface area (Å²) < 4.78 is 5.31. The highest BCUT2D eigenvalue weighted by molar-refractivity contribution is 5.83. The Balaban J connectivity index is 1.84. The lowest BCUT2D eigenvalue weighted by atomic mass is 10.1. The molecule has 23 heavy (non-hydrogen) atoms. The monoisotopic (exact) mass is 313 g/mol. The third kappa shape index (κ3) is 5.91. The molecule has 0 radical (unpaired) electrons. The molecule has 0 amide bonds. The van der Waals surface area contributed by atoms with Gasteiger partial charge in [0, 0.05) is 19.7 Å². The number of ether oxygens (including phenoxy) is 1. The van der Waals surface area contributed by atoms with Crippen molar-refractivity contribution in [2.24, 2.45) is 4.99 Å². The molecule has 0 spiro atoms. The Kier molecular flexibility index (Phi) is 7.40. The molecule has 0 aromatic heterocycles. The maximum atomic E-state index is 5.31. The van der Waals surface area contributed by atoms with Crippen LogP contribution in [0.5, 0.6) is 0 Å². The van der Waals surface area contributed by atoms with Gasteiger partial charge < -0.3 is 15.4 Å². The van der Waals surface area contributed by atoms with Crippen LogP contribution < -0.4 is 10.6 Å². The third-order valence-electron chi connectivity index (χ3n) is 3.57.